The van der Waals surface area contributed by atoms with Crippen LogP contribution in [0.4, 0.5) is 21.5 Å². The third-order valence-electron chi connectivity index (χ3n) is 4.00. The lowest BCUT2D eigenvalue weighted by molar-refractivity contribution is -0.0956. The van der Waals surface area contributed by atoms with E-state index >= 15 is 4.39 Å². The van der Waals surface area contributed by atoms with Crippen molar-refractivity contribution in [3.8, 4) is 0 Å². The van der Waals surface area contributed by atoms with Crippen molar-refractivity contribution in [2.24, 2.45) is 0 Å². The number of amides is 1. The second-order valence-electron chi connectivity index (χ2n) is 6.81. The van der Waals surface area contributed by atoms with Gasteiger partial charge in [-0.15, -0.1) is 0 Å². The summed E-state index contributed by atoms with van der Waals surface area (Å²) in [6.45, 7) is 2.84. The van der Waals surface area contributed by atoms with Crippen molar-refractivity contribution >= 4 is 41.9 Å². The molecule has 5 N–H and O–H groups in total. The monoisotopic (exact) mass is 383 g/mol. The minimum absolute atomic E-state index is 0.0321. The number of nitrogen functional groups attached to an aromatic ring is 1. The van der Waals surface area contributed by atoms with E-state index in [-0.39, 0.29) is 29.2 Å². The van der Waals surface area contributed by atoms with Crippen molar-refractivity contribution in [1.29, 1.82) is 0 Å². The third kappa shape index (κ3) is 3.92. The normalized spacial score (nSPS) is 11.6. The van der Waals surface area contributed by atoms with E-state index in [2.05, 4.69) is 15.8 Å². The minimum atomic E-state index is -1.01. The van der Waals surface area contributed by atoms with Gasteiger partial charge in [0, 0.05) is 18.6 Å². The summed E-state index contributed by atoms with van der Waals surface area (Å²) in [6, 6.07) is 4.69. The lowest BCUT2D eigenvalue weighted by atomic mass is 9.95. The van der Waals surface area contributed by atoms with Gasteiger partial charge in [-0.3, -0.25) is 9.63 Å². The predicted octanol–water partition coefficient (Wildman–Crippen LogP) is 1.03. The summed E-state index contributed by atoms with van der Waals surface area (Å²) in [5.41, 5.74) is 8.12. The fourth-order valence-corrected chi connectivity index (χ4v) is 2.42. The Kier molecular flexibility index (Phi) is 5.26. The Labute approximate surface area is 161 Å². The number of nitrogens with two attached hydrogens (primary N) is 1. The Balaban J connectivity index is 2.03. The Morgan fingerprint density at radius 3 is 2.89 bits per heavy atom. The molecule has 0 unspecified atom stereocenters. The standard InChI is InChI=1S/C18H19BFN5O3/c1-18(2,9-26)28-24-17(27)11-8-25-6-5-22-16(25)14(20)15(11)23-13-4-3-10(19)7-12(13)21/h3-8,23,26H,9,21H2,1-2H3,(H,24,27). The number of nitrogens with zero attached hydrogens (tertiary/aromatic N) is 2. The molecule has 0 aliphatic heterocycles. The smallest absolute Gasteiger partial charge is 0.278 e. The van der Waals surface area contributed by atoms with Gasteiger partial charge >= 0.3 is 0 Å². The second-order valence-corrected chi connectivity index (χ2v) is 6.81. The van der Waals surface area contributed by atoms with E-state index in [4.69, 9.17) is 18.4 Å². The quantitative estimate of drug-likeness (QED) is 0.287. The van der Waals surface area contributed by atoms with Crippen molar-refractivity contribution in [3.05, 3.63) is 48.2 Å². The lowest BCUT2D eigenvalue weighted by Gasteiger charge is -2.22. The molecular formula is C18H19BFN5O3. The number of hydrogen-bond acceptors (Lipinski definition) is 6. The average Bonchev–Trinajstić information content (AvgIpc) is 3.12. The van der Waals surface area contributed by atoms with Crippen LogP contribution in [0.25, 0.3) is 5.65 Å². The maximum absolute atomic E-state index is 15.1. The van der Waals surface area contributed by atoms with Crippen LogP contribution in [-0.4, -0.2) is 40.5 Å². The first-order chi connectivity index (χ1) is 13.2. The lowest BCUT2D eigenvalue weighted by Crippen LogP contribution is -2.38. The summed E-state index contributed by atoms with van der Waals surface area (Å²) < 4.78 is 16.5. The highest BCUT2D eigenvalue weighted by atomic mass is 19.1. The molecule has 0 saturated carbocycles. The predicted molar refractivity (Wildman–Crippen MR) is 104 cm³/mol. The van der Waals surface area contributed by atoms with Crippen LogP contribution in [-0.2, 0) is 4.84 Å². The molecule has 2 radical (unpaired) electrons. The largest absolute Gasteiger partial charge is 0.397 e. The number of pyridine rings is 1. The van der Waals surface area contributed by atoms with Crippen molar-refractivity contribution in [2.45, 2.75) is 19.4 Å². The molecule has 8 nitrogen and oxygen atoms in total. The molecule has 3 aromatic rings. The van der Waals surface area contributed by atoms with Crippen LogP contribution in [0.2, 0.25) is 0 Å². The molecule has 0 atom stereocenters. The Bertz CT molecular complexity index is 1040. The number of aliphatic hydroxyl groups excluding tert-OH is 1. The first kappa shape index (κ1) is 19.7. The van der Waals surface area contributed by atoms with Crippen LogP contribution in [0.3, 0.4) is 0 Å². The van der Waals surface area contributed by atoms with Gasteiger partial charge in [-0.1, -0.05) is 11.5 Å². The molecular weight excluding hydrogens is 364 g/mol. The molecule has 144 valence electrons. The average molecular weight is 383 g/mol. The topological polar surface area (TPSA) is 114 Å². The number of hydrogen-bond donors (Lipinski definition) is 4. The summed E-state index contributed by atoms with van der Waals surface area (Å²) in [5.74, 6) is -1.46. The highest BCUT2D eigenvalue weighted by molar-refractivity contribution is 6.32. The maximum atomic E-state index is 15.1. The van der Waals surface area contributed by atoms with Crippen molar-refractivity contribution in [3.63, 3.8) is 0 Å². The van der Waals surface area contributed by atoms with Crippen molar-refractivity contribution in [1.82, 2.24) is 14.9 Å². The van der Waals surface area contributed by atoms with Gasteiger partial charge in [-0.25, -0.2) is 14.9 Å². The number of anilines is 3. The van der Waals surface area contributed by atoms with Gasteiger partial charge in [-0.2, -0.15) is 0 Å². The molecule has 2 heterocycles. The zero-order chi connectivity index (χ0) is 20.5. The van der Waals surface area contributed by atoms with Crippen LogP contribution in [0.1, 0.15) is 24.2 Å². The van der Waals surface area contributed by atoms with Gasteiger partial charge in [0.05, 0.1) is 29.2 Å². The molecule has 0 aliphatic carbocycles. The maximum Gasteiger partial charge on any atom is 0.278 e. The summed E-state index contributed by atoms with van der Waals surface area (Å²) in [7, 11) is 5.69. The number of fused-ring (bicyclic) bond motifs is 1. The van der Waals surface area contributed by atoms with Crippen molar-refractivity contribution < 1.29 is 19.1 Å². The number of benzene rings is 1. The van der Waals surface area contributed by atoms with E-state index in [1.165, 1.54) is 29.1 Å². The number of aliphatic hydroxyl groups is 1. The van der Waals surface area contributed by atoms with Gasteiger partial charge in [0.1, 0.15) is 13.4 Å². The summed E-state index contributed by atoms with van der Waals surface area (Å²) in [6.07, 6.45) is 4.33. The highest BCUT2D eigenvalue weighted by Crippen LogP contribution is 2.29. The Morgan fingerprint density at radius 1 is 1.46 bits per heavy atom. The van der Waals surface area contributed by atoms with Gasteiger partial charge in [0.15, 0.2) is 11.5 Å². The molecule has 1 aromatic carbocycles. The summed E-state index contributed by atoms with van der Waals surface area (Å²) >= 11 is 0. The van der Waals surface area contributed by atoms with E-state index in [0.717, 1.165) is 0 Å². The number of aromatic nitrogens is 2. The molecule has 28 heavy (non-hydrogen) atoms. The number of carbonyl (C=O) groups excluding carboxylic acids is 1. The molecule has 0 fully saturated rings. The van der Waals surface area contributed by atoms with Crippen LogP contribution >= 0.6 is 0 Å². The fourth-order valence-electron chi connectivity index (χ4n) is 2.42. The van der Waals surface area contributed by atoms with Gasteiger partial charge < -0.3 is 20.6 Å². The minimum Gasteiger partial charge on any atom is -0.397 e. The third-order valence-corrected chi connectivity index (χ3v) is 4.00. The number of hydroxylamine groups is 1. The molecule has 10 heteroatoms. The first-order valence-corrected chi connectivity index (χ1v) is 8.38. The Morgan fingerprint density at radius 2 is 2.21 bits per heavy atom. The van der Waals surface area contributed by atoms with E-state index in [1.54, 1.807) is 26.0 Å². The summed E-state index contributed by atoms with van der Waals surface area (Å²) in [5, 5.41) is 12.1. The number of imidazole rings is 1. The van der Waals surface area contributed by atoms with Crippen LogP contribution in [0.5, 0.6) is 0 Å². The Hall–Kier alpha value is -3.11. The van der Waals surface area contributed by atoms with E-state index in [9.17, 15) is 9.90 Å². The number of nitrogens with one attached hydrogen (secondary N) is 2. The van der Waals surface area contributed by atoms with E-state index in [1.807, 2.05) is 0 Å². The second kappa shape index (κ2) is 7.49. The fraction of sp³-hybridized carbons (Fsp3) is 0.222. The number of halogens is 1. The van der Waals surface area contributed by atoms with Gasteiger partial charge in [0.2, 0.25) is 0 Å². The van der Waals surface area contributed by atoms with Crippen LogP contribution in [0, 0.1) is 5.82 Å². The number of carbonyl (C=O) groups is 1. The highest BCUT2D eigenvalue weighted by Gasteiger charge is 2.24. The van der Waals surface area contributed by atoms with Gasteiger partial charge in [0.25, 0.3) is 5.91 Å². The molecule has 0 aliphatic rings. The zero-order valence-corrected chi connectivity index (χ0v) is 15.4. The molecule has 2 aromatic heterocycles. The molecule has 0 saturated heterocycles. The molecule has 0 bridgehead atoms. The SMILES string of the molecule is [B]c1ccc(Nc2c(C(=O)NOC(C)(C)CO)cn3ccnc3c2F)c(N)c1. The molecule has 1 amide bonds. The first-order valence-electron chi connectivity index (χ1n) is 8.38. The van der Waals surface area contributed by atoms with E-state index in [0.29, 0.717) is 11.2 Å². The van der Waals surface area contributed by atoms with Crippen LogP contribution < -0.4 is 22.0 Å². The van der Waals surface area contributed by atoms with Crippen LogP contribution in [0.15, 0.2) is 36.8 Å². The summed E-state index contributed by atoms with van der Waals surface area (Å²) in [4.78, 5) is 21.8. The van der Waals surface area contributed by atoms with E-state index < -0.39 is 17.3 Å². The van der Waals surface area contributed by atoms with Gasteiger partial charge in [-0.05, 0) is 26.0 Å². The van der Waals surface area contributed by atoms with Crippen molar-refractivity contribution in [2.75, 3.05) is 17.7 Å². The zero-order valence-electron chi connectivity index (χ0n) is 15.4. The number of rotatable bonds is 6. The molecule has 3 rings (SSSR count). The molecule has 0 spiro atoms.